The summed E-state index contributed by atoms with van der Waals surface area (Å²) >= 11 is 0. The lowest BCUT2D eigenvalue weighted by Gasteiger charge is -2.09. The molecule has 2 rings (SSSR count). The zero-order chi connectivity index (χ0) is 16.3. The van der Waals surface area contributed by atoms with Gasteiger partial charge in [-0.1, -0.05) is 35.9 Å². The van der Waals surface area contributed by atoms with Crippen LogP contribution in [0.3, 0.4) is 0 Å². The topological polar surface area (TPSA) is 89.3 Å². The van der Waals surface area contributed by atoms with Crippen LogP contribution in [0.5, 0.6) is 0 Å². The van der Waals surface area contributed by atoms with Crippen molar-refractivity contribution in [1.29, 1.82) is 0 Å². The SMILES string of the molecule is Cc1ccc(CNS(=O)(=O)c2cc([N+](=O)[O-])ccc2C)cc1. The van der Waals surface area contributed by atoms with Gasteiger partial charge >= 0.3 is 0 Å². The molecule has 0 heterocycles. The van der Waals surface area contributed by atoms with E-state index in [1.165, 1.54) is 12.1 Å². The molecule has 0 radical (unpaired) electrons. The van der Waals surface area contributed by atoms with Crippen molar-refractivity contribution < 1.29 is 13.3 Å². The Kier molecular flexibility index (Phi) is 4.58. The highest BCUT2D eigenvalue weighted by atomic mass is 32.2. The Morgan fingerprint density at radius 1 is 1.09 bits per heavy atom. The molecule has 7 heteroatoms. The number of nitrogens with zero attached hydrogens (tertiary/aromatic N) is 1. The van der Waals surface area contributed by atoms with Crippen LogP contribution in [0, 0.1) is 24.0 Å². The first kappa shape index (κ1) is 16.1. The maximum atomic E-state index is 12.3. The highest BCUT2D eigenvalue weighted by Gasteiger charge is 2.20. The first-order chi connectivity index (χ1) is 10.3. The third kappa shape index (κ3) is 3.69. The van der Waals surface area contributed by atoms with Crippen LogP contribution in [0.15, 0.2) is 47.4 Å². The van der Waals surface area contributed by atoms with E-state index in [1.807, 2.05) is 31.2 Å². The van der Waals surface area contributed by atoms with Crippen molar-refractivity contribution in [3.05, 3.63) is 69.3 Å². The van der Waals surface area contributed by atoms with Gasteiger partial charge in [0.2, 0.25) is 10.0 Å². The zero-order valence-electron chi connectivity index (χ0n) is 12.2. The molecule has 0 spiro atoms. The molecule has 2 aromatic rings. The van der Waals surface area contributed by atoms with Gasteiger partial charge < -0.3 is 0 Å². The molecule has 0 bridgehead atoms. The summed E-state index contributed by atoms with van der Waals surface area (Å²) in [5, 5.41) is 10.8. The van der Waals surface area contributed by atoms with Crippen LogP contribution in [0.4, 0.5) is 5.69 Å². The summed E-state index contributed by atoms with van der Waals surface area (Å²) in [6, 6.07) is 11.2. The van der Waals surface area contributed by atoms with Crippen molar-refractivity contribution in [2.75, 3.05) is 0 Å². The van der Waals surface area contributed by atoms with Gasteiger partial charge in [-0.05, 0) is 25.0 Å². The number of hydrogen-bond donors (Lipinski definition) is 1. The Morgan fingerprint density at radius 3 is 2.32 bits per heavy atom. The number of nitrogens with one attached hydrogen (secondary N) is 1. The van der Waals surface area contributed by atoms with Gasteiger partial charge in [0.25, 0.3) is 5.69 Å². The van der Waals surface area contributed by atoms with Crippen LogP contribution in [0.25, 0.3) is 0 Å². The van der Waals surface area contributed by atoms with E-state index >= 15 is 0 Å². The first-order valence-corrected chi connectivity index (χ1v) is 8.08. The number of benzene rings is 2. The third-order valence-electron chi connectivity index (χ3n) is 3.26. The van der Waals surface area contributed by atoms with Gasteiger partial charge in [0.05, 0.1) is 9.82 Å². The Hall–Kier alpha value is -2.25. The number of nitro groups is 1. The summed E-state index contributed by atoms with van der Waals surface area (Å²) in [5.74, 6) is 0. The first-order valence-electron chi connectivity index (χ1n) is 6.60. The molecule has 0 aliphatic carbocycles. The standard InChI is InChI=1S/C15H16N2O4S/c1-11-3-6-13(7-4-11)10-16-22(20,21)15-9-14(17(18)19)8-5-12(15)2/h3-9,16H,10H2,1-2H3. The van der Waals surface area contributed by atoms with Gasteiger partial charge in [-0.25, -0.2) is 13.1 Å². The summed E-state index contributed by atoms with van der Waals surface area (Å²) in [6.45, 7) is 3.68. The summed E-state index contributed by atoms with van der Waals surface area (Å²) in [5.41, 5.74) is 2.11. The fourth-order valence-electron chi connectivity index (χ4n) is 1.95. The van der Waals surface area contributed by atoms with Gasteiger partial charge in [0, 0.05) is 18.7 Å². The van der Waals surface area contributed by atoms with Crippen LogP contribution in [0.1, 0.15) is 16.7 Å². The fraction of sp³-hybridized carbons (Fsp3) is 0.200. The van der Waals surface area contributed by atoms with Crippen molar-refractivity contribution in [2.45, 2.75) is 25.3 Å². The molecule has 0 fully saturated rings. The van der Waals surface area contributed by atoms with E-state index in [1.54, 1.807) is 6.92 Å². The molecule has 0 aliphatic heterocycles. The van der Waals surface area contributed by atoms with Crippen LogP contribution in [0.2, 0.25) is 0 Å². The largest absolute Gasteiger partial charge is 0.270 e. The quantitative estimate of drug-likeness (QED) is 0.677. The molecular formula is C15H16N2O4S. The zero-order valence-corrected chi connectivity index (χ0v) is 13.1. The lowest BCUT2D eigenvalue weighted by Crippen LogP contribution is -2.24. The number of aryl methyl sites for hydroxylation is 2. The number of nitro benzene ring substituents is 1. The molecule has 6 nitrogen and oxygen atoms in total. The maximum absolute atomic E-state index is 12.3. The van der Waals surface area contributed by atoms with Crippen LogP contribution in [-0.4, -0.2) is 13.3 Å². The normalized spacial score (nSPS) is 11.4. The van der Waals surface area contributed by atoms with Crippen molar-refractivity contribution in [2.24, 2.45) is 0 Å². The maximum Gasteiger partial charge on any atom is 0.270 e. The Balaban J connectivity index is 2.25. The molecule has 116 valence electrons. The molecule has 0 atom stereocenters. The molecule has 0 amide bonds. The molecule has 2 aromatic carbocycles. The number of non-ortho nitro benzene ring substituents is 1. The molecular weight excluding hydrogens is 304 g/mol. The molecule has 0 aliphatic rings. The van der Waals surface area contributed by atoms with Crippen molar-refractivity contribution >= 4 is 15.7 Å². The summed E-state index contributed by atoms with van der Waals surface area (Å²) in [4.78, 5) is 10.1. The summed E-state index contributed by atoms with van der Waals surface area (Å²) in [6.07, 6.45) is 0. The second-order valence-electron chi connectivity index (χ2n) is 5.02. The van der Waals surface area contributed by atoms with E-state index in [4.69, 9.17) is 0 Å². The van der Waals surface area contributed by atoms with Gasteiger partial charge in [-0.2, -0.15) is 0 Å². The molecule has 0 saturated heterocycles. The summed E-state index contributed by atoms with van der Waals surface area (Å²) < 4.78 is 27.1. The van der Waals surface area contributed by atoms with Gasteiger partial charge in [0.15, 0.2) is 0 Å². The van der Waals surface area contributed by atoms with Gasteiger partial charge in [0.1, 0.15) is 0 Å². The molecule has 0 aromatic heterocycles. The van der Waals surface area contributed by atoms with Crippen LogP contribution >= 0.6 is 0 Å². The lowest BCUT2D eigenvalue weighted by atomic mass is 10.2. The molecule has 0 saturated carbocycles. The minimum atomic E-state index is -3.81. The van der Waals surface area contributed by atoms with E-state index in [0.29, 0.717) is 5.56 Å². The van der Waals surface area contributed by atoms with Crippen LogP contribution in [-0.2, 0) is 16.6 Å². The smallest absolute Gasteiger partial charge is 0.258 e. The monoisotopic (exact) mass is 320 g/mol. The van der Waals surface area contributed by atoms with E-state index in [2.05, 4.69) is 4.72 Å². The van der Waals surface area contributed by atoms with Crippen molar-refractivity contribution in [3.8, 4) is 0 Å². The molecule has 1 N–H and O–H groups in total. The second-order valence-corrected chi connectivity index (χ2v) is 6.75. The number of rotatable bonds is 5. The van der Waals surface area contributed by atoms with E-state index in [-0.39, 0.29) is 17.1 Å². The minimum Gasteiger partial charge on any atom is -0.258 e. The highest BCUT2D eigenvalue weighted by Crippen LogP contribution is 2.21. The minimum absolute atomic E-state index is 0.0752. The number of hydrogen-bond acceptors (Lipinski definition) is 4. The predicted octanol–water partition coefficient (Wildman–Crippen LogP) is 2.69. The Bertz CT molecular complexity index is 799. The van der Waals surface area contributed by atoms with Crippen molar-refractivity contribution in [3.63, 3.8) is 0 Å². The summed E-state index contributed by atoms with van der Waals surface area (Å²) in [7, 11) is -3.81. The third-order valence-corrected chi connectivity index (χ3v) is 4.80. The highest BCUT2D eigenvalue weighted by molar-refractivity contribution is 7.89. The van der Waals surface area contributed by atoms with Gasteiger partial charge in [-0.3, -0.25) is 10.1 Å². The molecule has 0 unspecified atom stereocenters. The lowest BCUT2D eigenvalue weighted by molar-refractivity contribution is -0.385. The fourth-order valence-corrected chi connectivity index (χ4v) is 3.23. The number of sulfonamides is 1. The van der Waals surface area contributed by atoms with Crippen molar-refractivity contribution in [1.82, 2.24) is 4.72 Å². The average molecular weight is 320 g/mol. The van der Waals surface area contributed by atoms with Gasteiger partial charge in [-0.15, -0.1) is 0 Å². The van der Waals surface area contributed by atoms with Crippen LogP contribution < -0.4 is 4.72 Å². The molecule has 22 heavy (non-hydrogen) atoms. The average Bonchev–Trinajstić information content (AvgIpc) is 2.46. The second kappa shape index (κ2) is 6.25. The van der Waals surface area contributed by atoms with E-state index in [0.717, 1.165) is 17.2 Å². The van der Waals surface area contributed by atoms with E-state index < -0.39 is 14.9 Å². The Labute approximate surface area is 129 Å². The Morgan fingerprint density at radius 2 is 1.73 bits per heavy atom. The van der Waals surface area contributed by atoms with E-state index in [9.17, 15) is 18.5 Å². The predicted molar refractivity (Wildman–Crippen MR) is 83.0 cm³/mol.